The fourth-order valence-electron chi connectivity index (χ4n) is 1.76. The number of nitro groups is 1. The molecule has 0 saturated heterocycles. The zero-order chi connectivity index (χ0) is 14.3. The van der Waals surface area contributed by atoms with E-state index in [0.717, 1.165) is 19.3 Å². The van der Waals surface area contributed by atoms with Crippen molar-refractivity contribution in [3.8, 4) is 5.75 Å². The third-order valence-electron chi connectivity index (χ3n) is 2.81. The van der Waals surface area contributed by atoms with E-state index in [0.29, 0.717) is 12.4 Å². The number of hydrogen-bond acceptors (Lipinski definition) is 4. The first kappa shape index (κ1) is 15.1. The Balaban J connectivity index is 2.68. The predicted octanol–water partition coefficient (Wildman–Crippen LogP) is 3.76. The fourth-order valence-corrected chi connectivity index (χ4v) is 1.76. The Kier molecular flexibility index (Phi) is 5.99. The van der Waals surface area contributed by atoms with Gasteiger partial charge in [-0.15, -0.1) is 0 Å². The lowest BCUT2D eigenvalue weighted by atomic mass is 10.1. The molecule has 0 aliphatic carbocycles. The molecule has 19 heavy (non-hydrogen) atoms. The smallest absolute Gasteiger partial charge is 0.280 e. The molecule has 0 aliphatic rings. The lowest BCUT2D eigenvalue weighted by molar-refractivity contribution is -0.385. The van der Waals surface area contributed by atoms with Crippen molar-refractivity contribution in [3.05, 3.63) is 33.9 Å². The van der Waals surface area contributed by atoms with Gasteiger partial charge < -0.3 is 4.74 Å². The topological polar surface area (TPSA) is 69.4 Å². The molecule has 0 N–H and O–H groups in total. The first-order chi connectivity index (χ1) is 9.06. The number of unbranched alkanes of at least 4 members (excludes halogenated alkanes) is 3. The van der Waals surface area contributed by atoms with Crippen molar-refractivity contribution >= 4 is 11.5 Å². The summed E-state index contributed by atoms with van der Waals surface area (Å²) in [5.41, 5.74) is -0.0816. The van der Waals surface area contributed by atoms with E-state index >= 15 is 0 Å². The molecular formula is C14H19NO4. The number of carbonyl (C=O) groups excluding carboxylic acids is 1. The number of nitrogens with zero attached hydrogens (tertiary/aromatic N) is 1. The molecule has 5 heteroatoms. The summed E-state index contributed by atoms with van der Waals surface area (Å²) in [4.78, 5) is 21.6. The lowest BCUT2D eigenvalue weighted by Gasteiger charge is -2.07. The van der Waals surface area contributed by atoms with Crippen LogP contribution in [0.5, 0.6) is 5.75 Å². The van der Waals surface area contributed by atoms with Crippen molar-refractivity contribution < 1.29 is 14.5 Å². The average Bonchev–Trinajstić information content (AvgIpc) is 2.38. The minimum Gasteiger partial charge on any atom is -0.494 e. The van der Waals surface area contributed by atoms with Gasteiger partial charge in [0.05, 0.1) is 17.1 Å². The average molecular weight is 265 g/mol. The van der Waals surface area contributed by atoms with E-state index in [2.05, 4.69) is 6.92 Å². The largest absolute Gasteiger partial charge is 0.494 e. The quantitative estimate of drug-likeness (QED) is 0.310. The van der Waals surface area contributed by atoms with Crippen LogP contribution in [0.15, 0.2) is 18.2 Å². The number of ether oxygens (including phenoxy) is 1. The summed E-state index contributed by atoms with van der Waals surface area (Å²) < 4.78 is 5.50. The van der Waals surface area contributed by atoms with Gasteiger partial charge in [0.15, 0.2) is 5.78 Å². The number of benzene rings is 1. The Morgan fingerprint density at radius 2 is 2.05 bits per heavy atom. The molecule has 0 bridgehead atoms. The highest BCUT2D eigenvalue weighted by Gasteiger charge is 2.17. The van der Waals surface area contributed by atoms with E-state index in [9.17, 15) is 14.9 Å². The molecule has 0 radical (unpaired) electrons. The van der Waals surface area contributed by atoms with Crippen LogP contribution in [0.1, 0.15) is 49.9 Å². The number of Topliss-reactive ketones (excluding diaryl/α,β-unsaturated/α-hetero) is 1. The lowest BCUT2D eigenvalue weighted by Crippen LogP contribution is -2.02. The van der Waals surface area contributed by atoms with Gasteiger partial charge in [-0.1, -0.05) is 26.2 Å². The van der Waals surface area contributed by atoms with Gasteiger partial charge in [-0.2, -0.15) is 0 Å². The first-order valence-electron chi connectivity index (χ1n) is 6.48. The van der Waals surface area contributed by atoms with E-state index < -0.39 is 4.92 Å². The molecule has 0 amide bonds. The second kappa shape index (κ2) is 7.51. The highest BCUT2D eigenvalue weighted by Crippen LogP contribution is 2.24. The van der Waals surface area contributed by atoms with Crippen molar-refractivity contribution in [2.24, 2.45) is 0 Å². The van der Waals surface area contributed by atoms with E-state index in [-0.39, 0.29) is 17.0 Å². The molecule has 1 aromatic rings. The summed E-state index contributed by atoms with van der Waals surface area (Å²) in [7, 11) is 0. The third kappa shape index (κ3) is 4.69. The predicted molar refractivity (Wildman–Crippen MR) is 72.7 cm³/mol. The summed E-state index contributed by atoms with van der Waals surface area (Å²) in [5.74, 6) is 0.176. The van der Waals surface area contributed by atoms with Gasteiger partial charge in [-0.05, 0) is 25.5 Å². The standard InChI is InChI=1S/C14H19NO4/c1-3-4-5-6-9-19-12-7-8-14(15(17)18)13(10-12)11(2)16/h7-8,10H,3-6,9H2,1-2H3. The number of nitro benzene ring substituents is 1. The number of hydrogen-bond donors (Lipinski definition) is 0. The first-order valence-corrected chi connectivity index (χ1v) is 6.48. The summed E-state index contributed by atoms with van der Waals surface area (Å²) in [6, 6.07) is 4.29. The molecule has 104 valence electrons. The molecule has 0 fully saturated rings. The van der Waals surface area contributed by atoms with Gasteiger partial charge >= 0.3 is 0 Å². The van der Waals surface area contributed by atoms with Gasteiger partial charge in [0.2, 0.25) is 0 Å². The number of carbonyl (C=O) groups is 1. The van der Waals surface area contributed by atoms with Gasteiger partial charge in [0.1, 0.15) is 5.75 Å². The maximum Gasteiger partial charge on any atom is 0.280 e. The second-order valence-electron chi connectivity index (χ2n) is 4.40. The monoisotopic (exact) mass is 265 g/mol. The number of ketones is 1. The van der Waals surface area contributed by atoms with Crippen LogP contribution in [0, 0.1) is 10.1 Å². The molecule has 0 unspecified atom stereocenters. The molecule has 0 aromatic heterocycles. The van der Waals surface area contributed by atoms with Crippen molar-refractivity contribution in [2.75, 3.05) is 6.61 Å². The van der Waals surface area contributed by atoms with Crippen molar-refractivity contribution in [1.82, 2.24) is 0 Å². The zero-order valence-corrected chi connectivity index (χ0v) is 11.3. The van der Waals surface area contributed by atoms with Gasteiger partial charge in [0.25, 0.3) is 5.69 Å². The Bertz CT molecular complexity index is 457. The van der Waals surface area contributed by atoms with Crippen LogP contribution in [0.3, 0.4) is 0 Å². The molecule has 1 aromatic carbocycles. The SMILES string of the molecule is CCCCCCOc1ccc([N+](=O)[O-])c(C(C)=O)c1. The fraction of sp³-hybridized carbons (Fsp3) is 0.500. The molecule has 0 saturated carbocycles. The number of rotatable bonds is 8. The van der Waals surface area contributed by atoms with E-state index in [1.807, 2.05) is 0 Å². The summed E-state index contributed by atoms with van der Waals surface area (Å²) in [6.07, 6.45) is 4.37. The minimum absolute atomic E-state index is 0.0936. The van der Waals surface area contributed by atoms with Crippen LogP contribution in [0.2, 0.25) is 0 Å². The highest BCUT2D eigenvalue weighted by molar-refractivity contribution is 5.98. The Morgan fingerprint density at radius 3 is 2.63 bits per heavy atom. The molecule has 0 atom stereocenters. The Hall–Kier alpha value is -1.91. The van der Waals surface area contributed by atoms with Crippen molar-refractivity contribution in [1.29, 1.82) is 0 Å². The van der Waals surface area contributed by atoms with Gasteiger partial charge in [-0.3, -0.25) is 14.9 Å². The van der Waals surface area contributed by atoms with E-state index in [4.69, 9.17) is 4.74 Å². The molecule has 0 spiro atoms. The summed E-state index contributed by atoms with van der Waals surface area (Å²) >= 11 is 0. The van der Waals surface area contributed by atoms with Crippen molar-refractivity contribution in [2.45, 2.75) is 39.5 Å². The second-order valence-corrected chi connectivity index (χ2v) is 4.40. The highest BCUT2D eigenvalue weighted by atomic mass is 16.6. The molecule has 1 rings (SSSR count). The van der Waals surface area contributed by atoms with Crippen LogP contribution in [-0.2, 0) is 0 Å². The van der Waals surface area contributed by atoms with Gasteiger partial charge in [0, 0.05) is 6.07 Å². The Labute approximate surface area is 112 Å². The summed E-state index contributed by atoms with van der Waals surface area (Å²) in [5, 5.41) is 10.8. The normalized spacial score (nSPS) is 10.2. The molecule has 0 heterocycles. The zero-order valence-electron chi connectivity index (χ0n) is 11.3. The molecule has 5 nitrogen and oxygen atoms in total. The molecule has 0 aliphatic heterocycles. The van der Waals surface area contributed by atoms with Crippen molar-refractivity contribution in [3.63, 3.8) is 0 Å². The van der Waals surface area contributed by atoms with Crippen LogP contribution < -0.4 is 4.74 Å². The third-order valence-corrected chi connectivity index (χ3v) is 2.81. The maximum absolute atomic E-state index is 11.4. The van der Waals surface area contributed by atoms with Crippen LogP contribution >= 0.6 is 0 Å². The van der Waals surface area contributed by atoms with E-state index in [1.54, 1.807) is 0 Å². The van der Waals surface area contributed by atoms with E-state index in [1.165, 1.54) is 31.5 Å². The summed E-state index contributed by atoms with van der Waals surface area (Å²) in [6.45, 7) is 4.01. The van der Waals surface area contributed by atoms with Crippen LogP contribution in [0.4, 0.5) is 5.69 Å². The molecular weight excluding hydrogens is 246 g/mol. The van der Waals surface area contributed by atoms with Crippen LogP contribution in [-0.4, -0.2) is 17.3 Å². The van der Waals surface area contributed by atoms with Crippen LogP contribution in [0.25, 0.3) is 0 Å². The maximum atomic E-state index is 11.4. The Morgan fingerprint density at radius 1 is 1.32 bits per heavy atom. The minimum atomic E-state index is -0.554. The van der Waals surface area contributed by atoms with Gasteiger partial charge in [-0.25, -0.2) is 0 Å².